The topological polar surface area (TPSA) is 81.0 Å². The van der Waals surface area contributed by atoms with E-state index in [9.17, 15) is 4.79 Å². The number of nitrogens with zero attached hydrogens (tertiary/aromatic N) is 1. The maximum atomic E-state index is 11.9. The van der Waals surface area contributed by atoms with Crippen LogP contribution >= 0.6 is 0 Å². The smallest absolute Gasteiger partial charge is 0.256 e. The number of nitrogens with one attached hydrogen (secondary N) is 1. The van der Waals surface area contributed by atoms with Gasteiger partial charge in [-0.05, 0) is 26.2 Å². The second-order valence-electron chi connectivity index (χ2n) is 4.27. The Morgan fingerprint density at radius 2 is 1.89 bits per heavy atom. The molecule has 3 N–H and O–H groups in total. The fourth-order valence-corrected chi connectivity index (χ4v) is 2.21. The molecule has 0 atom stereocenters. The molecule has 0 fully saturated rings. The summed E-state index contributed by atoms with van der Waals surface area (Å²) in [6, 6.07) is 0. The highest BCUT2D eigenvalue weighted by atomic mass is 16.5. The minimum atomic E-state index is -0.547. The SMILES string of the molecule is CCOC(CC)(CC)c1nc(N)c(CC)c(=O)[nH]1. The molecule has 0 bridgehead atoms. The van der Waals surface area contributed by atoms with Crippen molar-refractivity contribution >= 4 is 5.82 Å². The number of aromatic amines is 1. The highest BCUT2D eigenvalue weighted by Gasteiger charge is 2.32. The maximum Gasteiger partial charge on any atom is 0.256 e. The second-order valence-corrected chi connectivity index (χ2v) is 4.27. The first-order valence-corrected chi connectivity index (χ1v) is 6.57. The number of aromatic nitrogens is 2. The highest BCUT2D eigenvalue weighted by molar-refractivity contribution is 5.38. The van der Waals surface area contributed by atoms with Crippen LogP contribution in [0.2, 0.25) is 0 Å². The minimum Gasteiger partial charge on any atom is -0.383 e. The molecule has 0 unspecified atom stereocenters. The maximum absolute atomic E-state index is 11.9. The average molecular weight is 253 g/mol. The molecular weight excluding hydrogens is 230 g/mol. The summed E-state index contributed by atoms with van der Waals surface area (Å²) in [4.78, 5) is 19.1. The second kappa shape index (κ2) is 6.00. The van der Waals surface area contributed by atoms with Gasteiger partial charge >= 0.3 is 0 Å². The third kappa shape index (κ3) is 2.56. The quantitative estimate of drug-likeness (QED) is 0.812. The Bertz CT molecular complexity index is 450. The summed E-state index contributed by atoms with van der Waals surface area (Å²) in [5.41, 5.74) is 5.68. The van der Waals surface area contributed by atoms with Crippen molar-refractivity contribution in [3.63, 3.8) is 0 Å². The van der Waals surface area contributed by atoms with Gasteiger partial charge in [-0.15, -0.1) is 0 Å². The number of ether oxygens (including phenoxy) is 1. The van der Waals surface area contributed by atoms with E-state index in [0.717, 1.165) is 12.8 Å². The van der Waals surface area contributed by atoms with Gasteiger partial charge in [0.1, 0.15) is 17.2 Å². The van der Waals surface area contributed by atoms with E-state index in [1.165, 1.54) is 0 Å². The van der Waals surface area contributed by atoms with E-state index in [2.05, 4.69) is 9.97 Å². The van der Waals surface area contributed by atoms with E-state index in [1.54, 1.807) is 0 Å². The van der Waals surface area contributed by atoms with Gasteiger partial charge in [-0.25, -0.2) is 4.98 Å². The van der Waals surface area contributed by atoms with Gasteiger partial charge in [0.15, 0.2) is 0 Å². The number of hydrogen-bond acceptors (Lipinski definition) is 4. The van der Waals surface area contributed by atoms with Crippen molar-refractivity contribution in [2.45, 2.75) is 52.6 Å². The summed E-state index contributed by atoms with van der Waals surface area (Å²) in [5, 5.41) is 0. The lowest BCUT2D eigenvalue weighted by Crippen LogP contribution is -2.34. The standard InChI is InChI=1S/C13H23N3O2/c1-5-9-10(14)15-12(16-11(9)17)13(6-2,7-3)18-8-4/h5-8H2,1-4H3,(H3,14,15,16,17). The molecule has 1 aromatic heterocycles. The Balaban J connectivity index is 3.34. The van der Waals surface area contributed by atoms with Gasteiger partial charge in [0.25, 0.3) is 5.56 Å². The van der Waals surface area contributed by atoms with E-state index in [0.29, 0.717) is 30.2 Å². The Morgan fingerprint density at radius 1 is 1.28 bits per heavy atom. The van der Waals surface area contributed by atoms with Crippen LogP contribution in [0.25, 0.3) is 0 Å². The fourth-order valence-electron chi connectivity index (χ4n) is 2.21. The van der Waals surface area contributed by atoms with Gasteiger partial charge in [0.2, 0.25) is 0 Å². The van der Waals surface area contributed by atoms with E-state index in [-0.39, 0.29) is 5.56 Å². The first-order chi connectivity index (χ1) is 8.54. The van der Waals surface area contributed by atoms with E-state index >= 15 is 0 Å². The van der Waals surface area contributed by atoms with Crippen molar-refractivity contribution in [2.75, 3.05) is 12.3 Å². The van der Waals surface area contributed by atoms with Crippen LogP contribution in [-0.4, -0.2) is 16.6 Å². The zero-order valence-corrected chi connectivity index (χ0v) is 11.7. The highest BCUT2D eigenvalue weighted by Crippen LogP contribution is 2.30. The molecule has 0 radical (unpaired) electrons. The van der Waals surface area contributed by atoms with Crippen LogP contribution in [0.3, 0.4) is 0 Å². The van der Waals surface area contributed by atoms with Crippen LogP contribution in [0.15, 0.2) is 4.79 Å². The van der Waals surface area contributed by atoms with Crippen molar-refractivity contribution < 1.29 is 4.74 Å². The monoisotopic (exact) mass is 253 g/mol. The summed E-state index contributed by atoms with van der Waals surface area (Å²) in [5.74, 6) is 0.844. The first-order valence-electron chi connectivity index (χ1n) is 6.57. The number of hydrogen-bond donors (Lipinski definition) is 2. The lowest BCUT2D eigenvalue weighted by molar-refractivity contribution is -0.0572. The van der Waals surface area contributed by atoms with Gasteiger partial charge in [-0.2, -0.15) is 0 Å². The van der Waals surface area contributed by atoms with Crippen molar-refractivity contribution in [1.82, 2.24) is 9.97 Å². The van der Waals surface area contributed by atoms with Crippen molar-refractivity contribution in [1.29, 1.82) is 0 Å². The molecule has 18 heavy (non-hydrogen) atoms. The zero-order valence-electron chi connectivity index (χ0n) is 11.7. The molecule has 0 amide bonds. The Hall–Kier alpha value is -1.36. The molecule has 5 nitrogen and oxygen atoms in total. The summed E-state index contributed by atoms with van der Waals surface area (Å²) < 4.78 is 5.81. The predicted molar refractivity (Wildman–Crippen MR) is 72.5 cm³/mol. The average Bonchev–Trinajstić information content (AvgIpc) is 2.35. The van der Waals surface area contributed by atoms with Crippen LogP contribution in [0, 0.1) is 0 Å². The first kappa shape index (κ1) is 14.7. The number of rotatable bonds is 6. The Kier molecular flexibility index (Phi) is 4.90. The molecule has 1 heterocycles. The molecule has 0 aliphatic heterocycles. The van der Waals surface area contributed by atoms with Gasteiger partial charge in [-0.1, -0.05) is 20.8 Å². The lowest BCUT2D eigenvalue weighted by Gasteiger charge is -2.30. The summed E-state index contributed by atoms with van der Waals surface area (Å²) >= 11 is 0. The molecule has 0 aliphatic rings. The van der Waals surface area contributed by atoms with Crippen molar-refractivity contribution in [3.05, 3.63) is 21.7 Å². The van der Waals surface area contributed by atoms with Gasteiger partial charge < -0.3 is 15.5 Å². The van der Waals surface area contributed by atoms with E-state index in [1.807, 2.05) is 27.7 Å². The molecule has 0 saturated carbocycles. The molecule has 0 saturated heterocycles. The number of anilines is 1. The van der Waals surface area contributed by atoms with E-state index in [4.69, 9.17) is 10.5 Å². The lowest BCUT2D eigenvalue weighted by atomic mass is 9.95. The normalized spacial score (nSPS) is 11.8. The number of nitrogens with two attached hydrogens (primary N) is 1. The molecule has 0 spiro atoms. The summed E-state index contributed by atoms with van der Waals surface area (Å²) in [7, 11) is 0. The van der Waals surface area contributed by atoms with Crippen LogP contribution < -0.4 is 11.3 Å². The zero-order chi connectivity index (χ0) is 13.8. The van der Waals surface area contributed by atoms with E-state index < -0.39 is 5.60 Å². The van der Waals surface area contributed by atoms with Crippen molar-refractivity contribution in [2.24, 2.45) is 0 Å². The number of nitrogen functional groups attached to an aromatic ring is 1. The number of H-pyrrole nitrogens is 1. The van der Waals surface area contributed by atoms with Crippen LogP contribution in [-0.2, 0) is 16.8 Å². The molecule has 5 heteroatoms. The molecule has 1 rings (SSSR count). The third-order valence-corrected chi connectivity index (χ3v) is 3.40. The molecule has 0 aliphatic carbocycles. The molecule has 1 aromatic rings. The Labute approximate surface area is 108 Å². The van der Waals surface area contributed by atoms with Crippen LogP contribution in [0.5, 0.6) is 0 Å². The Morgan fingerprint density at radius 3 is 2.28 bits per heavy atom. The largest absolute Gasteiger partial charge is 0.383 e. The molecular formula is C13H23N3O2. The molecule has 0 aromatic carbocycles. The summed E-state index contributed by atoms with van der Waals surface area (Å²) in [6.45, 7) is 8.42. The molecule has 102 valence electrons. The van der Waals surface area contributed by atoms with Crippen LogP contribution in [0.4, 0.5) is 5.82 Å². The van der Waals surface area contributed by atoms with Crippen molar-refractivity contribution in [3.8, 4) is 0 Å². The van der Waals surface area contributed by atoms with Gasteiger partial charge in [0.05, 0.1) is 5.56 Å². The van der Waals surface area contributed by atoms with Crippen LogP contribution in [0.1, 0.15) is 51.9 Å². The predicted octanol–water partition coefficient (Wildman–Crippen LogP) is 1.97. The summed E-state index contributed by atoms with van der Waals surface area (Å²) in [6.07, 6.45) is 2.06. The third-order valence-electron chi connectivity index (χ3n) is 3.40. The van der Waals surface area contributed by atoms with Gasteiger partial charge in [-0.3, -0.25) is 4.79 Å². The fraction of sp³-hybridized carbons (Fsp3) is 0.692. The minimum absolute atomic E-state index is 0.161. The van der Waals surface area contributed by atoms with Gasteiger partial charge in [0, 0.05) is 6.61 Å².